The molecule has 4 heteroatoms. The molecule has 2 aromatic carbocycles. The Morgan fingerprint density at radius 1 is 1.00 bits per heavy atom. The first-order valence-corrected chi connectivity index (χ1v) is 9.34. The number of hydrogen-bond acceptors (Lipinski definition) is 3. The van der Waals surface area contributed by atoms with Crippen molar-refractivity contribution in [3.8, 4) is 5.75 Å². The third kappa shape index (κ3) is 5.07. The molecule has 1 heterocycles. The smallest absolute Gasteiger partial charge is 0.314 e. The van der Waals surface area contributed by atoms with E-state index in [-0.39, 0.29) is 17.8 Å². The summed E-state index contributed by atoms with van der Waals surface area (Å²) < 4.78 is 5.53. The van der Waals surface area contributed by atoms with Crippen LogP contribution in [-0.4, -0.2) is 29.9 Å². The number of rotatable bonds is 4. The van der Waals surface area contributed by atoms with Gasteiger partial charge in [0.25, 0.3) is 0 Å². The quantitative estimate of drug-likeness (QED) is 0.465. The summed E-state index contributed by atoms with van der Waals surface area (Å²) in [5.74, 6) is 0.214. The van der Waals surface area contributed by atoms with E-state index in [2.05, 4.69) is 0 Å². The van der Waals surface area contributed by atoms with E-state index in [1.165, 1.54) is 5.56 Å². The first-order chi connectivity index (χ1) is 13.0. The zero-order valence-corrected chi connectivity index (χ0v) is 15.9. The van der Waals surface area contributed by atoms with Gasteiger partial charge in [0, 0.05) is 19.2 Å². The summed E-state index contributed by atoms with van der Waals surface area (Å²) in [6, 6.07) is 15.4. The Hall–Kier alpha value is -2.88. The van der Waals surface area contributed by atoms with Crippen LogP contribution in [0.2, 0.25) is 0 Å². The van der Waals surface area contributed by atoms with Crippen LogP contribution in [0.25, 0.3) is 6.08 Å². The first kappa shape index (κ1) is 18.9. The SMILES string of the molecule is Cc1ccc(OC(=O)C2CCN(C(=O)/C=C/c3ccccc3)CC2)cc1C. The van der Waals surface area contributed by atoms with Crippen LogP contribution in [0.3, 0.4) is 0 Å². The maximum atomic E-state index is 12.4. The van der Waals surface area contributed by atoms with E-state index in [1.807, 2.05) is 68.5 Å². The summed E-state index contributed by atoms with van der Waals surface area (Å²) in [5, 5.41) is 0. The Kier molecular flexibility index (Phi) is 6.07. The minimum atomic E-state index is -0.204. The number of likely N-dealkylation sites (tertiary alicyclic amines) is 1. The first-order valence-electron chi connectivity index (χ1n) is 9.34. The number of piperidine rings is 1. The molecule has 0 unspecified atom stereocenters. The zero-order valence-electron chi connectivity index (χ0n) is 15.9. The molecule has 2 aromatic rings. The predicted molar refractivity (Wildman–Crippen MR) is 106 cm³/mol. The Morgan fingerprint density at radius 3 is 2.37 bits per heavy atom. The molecule has 4 nitrogen and oxygen atoms in total. The van der Waals surface area contributed by atoms with Crippen molar-refractivity contribution < 1.29 is 14.3 Å². The average Bonchev–Trinajstić information content (AvgIpc) is 2.70. The number of carbonyl (C=O) groups excluding carboxylic acids is 2. The molecule has 0 bridgehead atoms. The summed E-state index contributed by atoms with van der Waals surface area (Å²) in [6.07, 6.45) is 4.69. The van der Waals surface area contributed by atoms with Gasteiger partial charge in [-0.2, -0.15) is 0 Å². The Labute approximate surface area is 160 Å². The van der Waals surface area contributed by atoms with Crippen molar-refractivity contribution in [3.05, 3.63) is 71.3 Å². The van der Waals surface area contributed by atoms with Gasteiger partial charge in [0.05, 0.1) is 5.92 Å². The van der Waals surface area contributed by atoms with Gasteiger partial charge in [-0.25, -0.2) is 0 Å². The van der Waals surface area contributed by atoms with Gasteiger partial charge >= 0.3 is 5.97 Å². The number of hydrogen-bond donors (Lipinski definition) is 0. The summed E-state index contributed by atoms with van der Waals surface area (Å²) in [6.45, 7) is 5.18. The zero-order chi connectivity index (χ0) is 19.2. The van der Waals surface area contributed by atoms with Gasteiger partial charge in [-0.3, -0.25) is 9.59 Å². The normalized spacial score (nSPS) is 15.1. The molecule has 1 aliphatic rings. The fourth-order valence-corrected chi connectivity index (χ4v) is 3.15. The Bertz CT molecular complexity index is 834. The number of aryl methyl sites for hydroxylation is 2. The highest BCUT2D eigenvalue weighted by molar-refractivity contribution is 5.92. The molecule has 1 amide bonds. The van der Waals surface area contributed by atoms with Crippen LogP contribution in [0.4, 0.5) is 0 Å². The minimum Gasteiger partial charge on any atom is -0.426 e. The Morgan fingerprint density at radius 2 is 1.70 bits per heavy atom. The molecule has 1 fully saturated rings. The molecule has 0 saturated carbocycles. The lowest BCUT2D eigenvalue weighted by Crippen LogP contribution is -2.40. The third-order valence-corrected chi connectivity index (χ3v) is 5.05. The van der Waals surface area contributed by atoms with Crippen LogP contribution >= 0.6 is 0 Å². The van der Waals surface area contributed by atoms with Crippen molar-refractivity contribution in [2.75, 3.05) is 13.1 Å². The lowest BCUT2D eigenvalue weighted by Gasteiger charge is -2.30. The second-order valence-corrected chi connectivity index (χ2v) is 7.01. The van der Waals surface area contributed by atoms with Crippen LogP contribution in [0.5, 0.6) is 5.75 Å². The second kappa shape index (κ2) is 8.67. The fraction of sp³-hybridized carbons (Fsp3) is 0.304. The summed E-state index contributed by atoms with van der Waals surface area (Å²) >= 11 is 0. The van der Waals surface area contributed by atoms with Crippen molar-refractivity contribution in [1.82, 2.24) is 4.90 Å². The number of nitrogens with zero attached hydrogens (tertiary/aromatic N) is 1. The highest BCUT2D eigenvalue weighted by Gasteiger charge is 2.28. The maximum Gasteiger partial charge on any atom is 0.314 e. The van der Waals surface area contributed by atoms with Gasteiger partial charge in [-0.1, -0.05) is 36.4 Å². The molecule has 0 aromatic heterocycles. The number of esters is 1. The van der Waals surface area contributed by atoms with Crippen LogP contribution in [-0.2, 0) is 9.59 Å². The molecule has 1 aliphatic heterocycles. The molecule has 140 valence electrons. The lowest BCUT2D eigenvalue weighted by atomic mass is 9.97. The molecule has 0 atom stereocenters. The molecule has 27 heavy (non-hydrogen) atoms. The van der Waals surface area contributed by atoms with E-state index in [4.69, 9.17) is 4.74 Å². The monoisotopic (exact) mass is 363 g/mol. The van der Waals surface area contributed by atoms with E-state index in [0.717, 1.165) is 11.1 Å². The van der Waals surface area contributed by atoms with E-state index in [0.29, 0.717) is 31.7 Å². The van der Waals surface area contributed by atoms with Crippen LogP contribution in [0.1, 0.15) is 29.5 Å². The standard InChI is InChI=1S/C23H25NO3/c1-17-8-10-21(16-18(17)2)27-23(26)20-12-14-24(15-13-20)22(25)11-9-19-6-4-3-5-7-19/h3-11,16,20H,12-15H2,1-2H3/b11-9+. The molecule has 0 radical (unpaired) electrons. The summed E-state index contributed by atoms with van der Waals surface area (Å²) in [4.78, 5) is 26.5. The van der Waals surface area contributed by atoms with Crippen LogP contribution < -0.4 is 4.74 Å². The van der Waals surface area contributed by atoms with E-state index in [9.17, 15) is 9.59 Å². The van der Waals surface area contributed by atoms with Crippen LogP contribution in [0.15, 0.2) is 54.6 Å². The number of benzene rings is 2. The number of amides is 1. The molecule has 0 aliphatic carbocycles. The number of carbonyl (C=O) groups is 2. The third-order valence-electron chi connectivity index (χ3n) is 5.05. The molecular weight excluding hydrogens is 338 g/mol. The minimum absolute atomic E-state index is 0.0140. The van der Waals surface area contributed by atoms with Crippen LogP contribution in [0, 0.1) is 19.8 Å². The Balaban J connectivity index is 1.50. The average molecular weight is 363 g/mol. The van der Waals surface area contributed by atoms with Gasteiger partial charge in [0.1, 0.15) is 5.75 Å². The summed E-state index contributed by atoms with van der Waals surface area (Å²) in [5.41, 5.74) is 3.27. The molecule has 3 rings (SSSR count). The largest absolute Gasteiger partial charge is 0.426 e. The molecular formula is C23H25NO3. The fourth-order valence-electron chi connectivity index (χ4n) is 3.15. The highest BCUT2D eigenvalue weighted by Crippen LogP contribution is 2.22. The van der Waals surface area contributed by atoms with E-state index >= 15 is 0 Å². The van der Waals surface area contributed by atoms with Gasteiger partial charge in [0.15, 0.2) is 0 Å². The molecule has 0 spiro atoms. The van der Waals surface area contributed by atoms with Crippen molar-refractivity contribution in [1.29, 1.82) is 0 Å². The van der Waals surface area contributed by atoms with Crippen molar-refractivity contribution in [2.24, 2.45) is 5.92 Å². The summed E-state index contributed by atoms with van der Waals surface area (Å²) in [7, 11) is 0. The molecule has 1 saturated heterocycles. The van der Waals surface area contributed by atoms with E-state index in [1.54, 1.807) is 11.0 Å². The second-order valence-electron chi connectivity index (χ2n) is 7.01. The van der Waals surface area contributed by atoms with Gasteiger partial charge in [-0.15, -0.1) is 0 Å². The van der Waals surface area contributed by atoms with Gasteiger partial charge < -0.3 is 9.64 Å². The van der Waals surface area contributed by atoms with Crippen molar-refractivity contribution >= 4 is 18.0 Å². The topological polar surface area (TPSA) is 46.6 Å². The lowest BCUT2D eigenvalue weighted by molar-refractivity contribution is -0.142. The number of ether oxygens (including phenoxy) is 1. The maximum absolute atomic E-state index is 12.4. The predicted octanol–water partition coefficient (Wildman–Crippen LogP) is 4.16. The van der Waals surface area contributed by atoms with E-state index < -0.39 is 0 Å². The highest BCUT2D eigenvalue weighted by atomic mass is 16.5. The van der Waals surface area contributed by atoms with Crippen molar-refractivity contribution in [3.63, 3.8) is 0 Å². The molecule has 0 N–H and O–H groups in total. The van der Waals surface area contributed by atoms with Gasteiger partial charge in [0.2, 0.25) is 5.91 Å². The van der Waals surface area contributed by atoms with Gasteiger partial charge in [-0.05, 0) is 61.6 Å². The van der Waals surface area contributed by atoms with Crippen molar-refractivity contribution in [2.45, 2.75) is 26.7 Å².